The summed E-state index contributed by atoms with van der Waals surface area (Å²) in [5, 5.41) is 3.26. The minimum atomic E-state index is -2.01. The first-order valence-electron chi connectivity index (χ1n) is 9.97. The van der Waals surface area contributed by atoms with E-state index in [0.29, 0.717) is 22.5 Å². The second kappa shape index (κ2) is 6.86. The van der Waals surface area contributed by atoms with E-state index in [4.69, 9.17) is 9.47 Å². The molecule has 0 saturated heterocycles. The van der Waals surface area contributed by atoms with E-state index in [2.05, 4.69) is 5.32 Å². The predicted octanol–water partition coefficient (Wildman–Crippen LogP) is 2.66. The second-order valence-corrected chi connectivity index (χ2v) is 7.50. The van der Waals surface area contributed by atoms with Gasteiger partial charge in [-0.1, -0.05) is 30.3 Å². The first-order valence-corrected chi connectivity index (χ1v) is 9.97. The lowest BCUT2D eigenvalue weighted by molar-refractivity contribution is -0.170. The van der Waals surface area contributed by atoms with Crippen molar-refractivity contribution in [1.82, 2.24) is 0 Å². The fourth-order valence-corrected chi connectivity index (χ4v) is 4.72. The molecular weight excluding hydrogens is 384 g/mol. The Bertz CT molecular complexity index is 1050. The molecule has 1 spiro atoms. The number of carbonyl (C=O) groups excluding carboxylic acids is 3. The van der Waals surface area contributed by atoms with Gasteiger partial charge in [-0.3, -0.25) is 14.4 Å². The van der Waals surface area contributed by atoms with Crippen molar-refractivity contribution in [3.63, 3.8) is 0 Å². The number of anilines is 2. The summed E-state index contributed by atoms with van der Waals surface area (Å²) in [5.41, 5.74) is -0.720. The van der Waals surface area contributed by atoms with E-state index in [-0.39, 0.29) is 13.2 Å². The number of aryl methyl sites for hydroxylation is 1. The SMILES string of the molecule is CCOC(=O)C1(C(=O)OCC)c2ccc(C)cc2N[C@@]12C(=O)N(C)c1ccccc12. The second-order valence-electron chi connectivity index (χ2n) is 7.50. The molecule has 0 unspecified atom stereocenters. The summed E-state index contributed by atoms with van der Waals surface area (Å²) in [7, 11) is 1.63. The van der Waals surface area contributed by atoms with Crippen LogP contribution in [0.25, 0.3) is 0 Å². The Balaban J connectivity index is 2.14. The van der Waals surface area contributed by atoms with Gasteiger partial charge in [0.2, 0.25) is 5.41 Å². The number of hydrogen-bond donors (Lipinski definition) is 1. The highest BCUT2D eigenvalue weighted by molar-refractivity contribution is 6.23. The van der Waals surface area contributed by atoms with Crippen molar-refractivity contribution in [1.29, 1.82) is 0 Å². The largest absolute Gasteiger partial charge is 0.465 e. The van der Waals surface area contributed by atoms with E-state index in [1.165, 1.54) is 4.90 Å². The number of rotatable bonds is 4. The number of fused-ring (bicyclic) bond motifs is 3. The van der Waals surface area contributed by atoms with Crippen molar-refractivity contribution in [3.05, 3.63) is 59.2 Å². The molecule has 2 aromatic rings. The molecule has 4 rings (SSSR count). The molecule has 2 aliphatic heterocycles. The van der Waals surface area contributed by atoms with Crippen molar-refractivity contribution < 1.29 is 23.9 Å². The van der Waals surface area contributed by atoms with Gasteiger partial charge in [0.15, 0.2) is 5.54 Å². The van der Waals surface area contributed by atoms with Crippen LogP contribution in [0.2, 0.25) is 0 Å². The lowest BCUT2D eigenvalue weighted by atomic mass is 9.64. The Morgan fingerprint density at radius 2 is 1.63 bits per heavy atom. The molecule has 7 heteroatoms. The van der Waals surface area contributed by atoms with Crippen LogP contribution in [0.3, 0.4) is 0 Å². The highest BCUT2D eigenvalue weighted by Crippen LogP contribution is 2.59. The van der Waals surface area contributed by atoms with Crippen LogP contribution >= 0.6 is 0 Å². The van der Waals surface area contributed by atoms with Gasteiger partial charge >= 0.3 is 11.9 Å². The lowest BCUT2D eigenvalue weighted by Crippen LogP contribution is -2.64. The van der Waals surface area contributed by atoms with Crippen molar-refractivity contribution >= 4 is 29.2 Å². The first-order chi connectivity index (χ1) is 14.4. The standard InChI is InChI=1S/C23H24N2O5/c1-5-29-20(27)22(21(28)30-6-2)15-12-11-14(3)13-17(15)24-23(22)16-9-7-8-10-18(16)25(4)19(23)26/h7-13,24H,5-6H2,1-4H3/t23-/m0/s1. The topological polar surface area (TPSA) is 84.9 Å². The van der Waals surface area contributed by atoms with Gasteiger partial charge in [-0.05, 0) is 38.5 Å². The highest BCUT2D eigenvalue weighted by Gasteiger charge is 2.76. The molecule has 0 aromatic heterocycles. The summed E-state index contributed by atoms with van der Waals surface area (Å²) in [6.07, 6.45) is 0. The van der Waals surface area contributed by atoms with E-state index < -0.39 is 28.8 Å². The molecule has 0 saturated carbocycles. The number of nitrogens with zero attached hydrogens (tertiary/aromatic N) is 1. The Kier molecular flexibility index (Phi) is 4.56. The van der Waals surface area contributed by atoms with E-state index in [1.54, 1.807) is 45.2 Å². The Morgan fingerprint density at radius 3 is 2.27 bits per heavy atom. The van der Waals surface area contributed by atoms with E-state index in [0.717, 1.165) is 5.56 Å². The molecule has 0 bridgehead atoms. The van der Waals surface area contributed by atoms with Crippen LogP contribution in [-0.2, 0) is 34.8 Å². The highest BCUT2D eigenvalue weighted by atomic mass is 16.6. The number of carbonyl (C=O) groups is 3. The maximum absolute atomic E-state index is 13.8. The van der Waals surface area contributed by atoms with Crippen LogP contribution in [0.15, 0.2) is 42.5 Å². The number of benzene rings is 2. The summed E-state index contributed by atoms with van der Waals surface area (Å²) >= 11 is 0. The third kappa shape index (κ3) is 2.23. The molecule has 156 valence electrons. The first kappa shape index (κ1) is 19.9. The van der Waals surface area contributed by atoms with Crippen LogP contribution in [-0.4, -0.2) is 38.1 Å². The molecule has 2 aliphatic rings. The summed E-state index contributed by atoms with van der Waals surface area (Å²) in [4.78, 5) is 42.5. The van der Waals surface area contributed by atoms with Gasteiger partial charge in [0.1, 0.15) is 0 Å². The number of nitrogens with one attached hydrogen (secondary N) is 1. The molecule has 0 fully saturated rings. The molecule has 1 atom stereocenters. The zero-order chi connectivity index (χ0) is 21.7. The fourth-order valence-electron chi connectivity index (χ4n) is 4.72. The van der Waals surface area contributed by atoms with Gasteiger partial charge in [-0.15, -0.1) is 0 Å². The average Bonchev–Trinajstić information content (AvgIpc) is 3.14. The number of hydrogen-bond acceptors (Lipinski definition) is 6. The van der Waals surface area contributed by atoms with Crippen molar-refractivity contribution in [2.24, 2.45) is 0 Å². The van der Waals surface area contributed by atoms with Crippen molar-refractivity contribution in [2.75, 3.05) is 30.5 Å². The van der Waals surface area contributed by atoms with E-state index in [9.17, 15) is 14.4 Å². The van der Waals surface area contributed by atoms with Crippen molar-refractivity contribution in [2.45, 2.75) is 31.7 Å². The smallest absolute Gasteiger partial charge is 0.331 e. The minimum Gasteiger partial charge on any atom is -0.465 e. The maximum atomic E-state index is 13.8. The summed E-state index contributed by atoms with van der Waals surface area (Å²) in [6, 6.07) is 12.5. The number of ether oxygens (including phenoxy) is 2. The van der Waals surface area contributed by atoms with Gasteiger partial charge in [0.25, 0.3) is 5.91 Å². The zero-order valence-electron chi connectivity index (χ0n) is 17.4. The van der Waals surface area contributed by atoms with Crippen LogP contribution < -0.4 is 10.2 Å². The third-order valence-corrected chi connectivity index (χ3v) is 5.92. The van der Waals surface area contributed by atoms with Crippen LogP contribution in [0.4, 0.5) is 11.4 Å². The molecule has 1 amide bonds. The molecule has 7 nitrogen and oxygen atoms in total. The Labute approximate surface area is 175 Å². The maximum Gasteiger partial charge on any atom is 0.331 e. The quantitative estimate of drug-likeness (QED) is 0.619. The third-order valence-electron chi connectivity index (χ3n) is 5.92. The van der Waals surface area contributed by atoms with Gasteiger partial charge in [-0.25, -0.2) is 0 Å². The fraction of sp³-hybridized carbons (Fsp3) is 0.348. The van der Waals surface area contributed by atoms with E-state index in [1.807, 2.05) is 25.1 Å². The molecule has 2 aromatic carbocycles. The van der Waals surface area contributed by atoms with Gasteiger partial charge in [0.05, 0.1) is 13.2 Å². The molecule has 30 heavy (non-hydrogen) atoms. The zero-order valence-corrected chi connectivity index (χ0v) is 17.4. The monoisotopic (exact) mass is 408 g/mol. The van der Waals surface area contributed by atoms with Gasteiger partial charge in [-0.2, -0.15) is 0 Å². The van der Waals surface area contributed by atoms with Crippen molar-refractivity contribution in [3.8, 4) is 0 Å². The molecule has 0 radical (unpaired) electrons. The Hall–Kier alpha value is -3.35. The van der Waals surface area contributed by atoms with Gasteiger partial charge < -0.3 is 19.7 Å². The molecule has 2 heterocycles. The average molecular weight is 408 g/mol. The number of amides is 1. The van der Waals surface area contributed by atoms with Gasteiger partial charge in [0, 0.05) is 29.5 Å². The van der Waals surface area contributed by atoms with Crippen LogP contribution in [0.5, 0.6) is 0 Å². The summed E-state index contributed by atoms with van der Waals surface area (Å²) < 4.78 is 10.8. The molecule has 1 N–H and O–H groups in total. The molecule has 0 aliphatic carbocycles. The number of esters is 2. The van der Waals surface area contributed by atoms with E-state index >= 15 is 0 Å². The Morgan fingerprint density at radius 1 is 1.00 bits per heavy atom. The lowest BCUT2D eigenvalue weighted by Gasteiger charge is -2.38. The van der Waals surface area contributed by atoms with Crippen LogP contribution in [0, 0.1) is 6.92 Å². The van der Waals surface area contributed by atoms with Crippen LogP contribution in [0.1, 0.15) is 30.5 Å². The summed E-state index contributed by atoms with van der Waals surface area (Å²) in [5.74, 6) is -2.03. The number of likely N-dealkylation sites (N-methyl/N-ethyl adjacent to an activating group) is 1. The number of para-hydroxylation sites is 1. The molecular formula is C23H24N2O5. The predicted molar refractivity (Wildman–Crippen MR) is 111 cm³/mol. The minimum absolute atomic E-state index is 0.0585. The normalized spacial score (nSPS) is 20.5. The summed E-state index contributed by atoms with van der Waals surface area (Å²) in [6.45, 7) is 5.35.